The van der Waals surface area contributed by atoms with Crippen molar-refractivity contribution < 1.29 is 4.42 Å². The molecule has 0 saturated carbocycles. The highest BCUT2D eigenvalue weighted by atomic mass is 32.1. The van der Waals surface area contributed by atoms with Crippen molar-refractivity contribution in [2.24, 2.45) is 0 Å². The van der Waals surface area contributed by atoms with Gasteiger partial charge in [-0.1, -0.05) is 146 Å². The standard InChI is InChI=1S/C52H30OS/c1-2-12-33-28-35(21-20-31(33)10-1)34-13-9-14-36(29-34)48-39-16-5-7-18-41(39)49(42-19-8-6-17-40(42)48)37-22-24-43-47(30-37)54-46-27-25-44-50-38-15-4-3-11-32(38)23-26-45(50)53-52(44)51(43)46/h1-30H. The Labute approximate surface area is 314 Å². The molecule has 12 aromatic rings. The number of furan rings is 1. The van der Waals surface area contributed by atoms with E-state index in [0.29, 0.717) is 0 Å². The van der Waals surface area contributed by atoms with Gasteiger partial charge in [-0.2, -0.15) is 0 Å². The Bertz CT molecular complexity index is 3450. The summed E-state index contributed by atoms with van der Waals surface area (Å²) in [6.07, 6.45) is 0. The van der Waals surface area contributed by atoms with E-state index in [9.17, 15) is 0 Å². The van der Waals surface area contributed by atoms with Crippen molar-refractivity contribution in [3.05, 3.63) is 182 Å². The fraction of sp³-hybridized carbons (Fsp3) is 0. The lowest BCUT2D eigenvalue weighted by Crippen LogP contribution is -1.91. The normalized spacial score (nSPS) is 12.1. The smallest absolute Gasteiger partial charge is 0.144 e. The molecule has 0 aliphatic heterocycles. The van der Waals surface area contributed by atoms with E-state index >= 15 is 0 Å². The molecular weight excluding hydrogens is 673 g/mol. The molecule has 0 aliphatic rings. The summed E-state index contributed by atoms with van der Waals surface area (Å²) in [6, 6.07) is 66.8. The Hall–Kier alpha value is -6.74. The summed E-state index contributed by atoms with van der Waals surface area (Å²) in [7, 11) is 0. The van der Waals surface area contributed by atoms with Gasteiger partial charge in [0.15, 0.2) is 0 Å². The second kappa shape index (κ2) is 11.4. The average Bonchev–Trinajstić information content (AvgIpc) is 3.81. The Morgan fingerprint density at radius 3 is 1.65 bits per heavy atom. The number of hydrogen-bond donors (Lipinski definition) is 0. The topological polar surface area (TPSA) is 13.1 Å². The van der Waals surface area contributed by atoms with Crippen LogP contribution in [-0.4, -0.2) is 0 Å². The number of fused-ring (bicyclic) bond motifs is 12. The predicted octanol–water partition coefficient (Wildman–Crippen LogP) is 15.6. The van der Waals surface area contributed by atoms with E-state index in [1.165, 1.54) is 107 Å². The lowest BCUT2D eigenvalue weighted by molar-refractivity contribution is 0.673. The van der Waals surface area contributed by atoms with Crippen LogP contribution >= 0.6 is 11.3 Å². The third kappa shape index (κ3) is 4.32. The van der Waals surface area contributed by atoms with Gasteiger partial charge in [0, 0.05) is 30.9 Å². The van der Waals surface area contributed by atoms with Crippen molar-refractivity contribution >= 4 is 96.5 Å². The van der Waals surface area contributed by atoms with Gasteiger partial charge in [0.1, 0.15) is 11.2 Å². The van der Waals surface area contributed by atoms with Crippen molar-refractivity contribution in [1.82, 2.24) is 0 Å². The van der Waals surface area contributed by atoms with Crippen LogP contribution in [0.3, 0.4) is 0 Å². The summed E-state index contributed by atoms with van der Waals surface area (Å²) in [5.41, 5.74) is 9.36. The largest absolute Gasteiger partial charge is 0.455 e. The second-order valence-electron chi connectivity index (χ2n) is 14.4. The van der Waals surface area contributed by atoms with Gasteiger partial charge in [0.05, 0.1) is 0 Å². The zero-order valence-electron chi connectivity index (χ0n) is 29.1. The number of rotatable bonds is 3. The van der Waals surface area contributed by atoms with Crippen LogP contribution in [0.25, 0.3) is 119 Å². The lowest BCUT2D eigenvalue weighted by atomic mass is 9.85. The third-order valence-electron chi connectivity index (χ3n) is 11.4. The molecule has 2 heteroatoms. The molecule has 1 nitrogen and oxygen atoms in total. The fourth-order valence-electron chi connectivity index (χ4n) is 8.99. The Balaban J connectivity index is 1.06. The van der Waals surface area contributed by atoms with Crippen molar-refractivity contribution in [2.45, 2.75) is 0 Å². The molecule has 0 radical (unpaired) electrons. The van der Waals surface area contributed by atoms with E-state index in [2.05, 4.69) is 182 Å². The molecule has 0 atom stereocenters. The molecule has 250 valence electrons. The summed E-state index contributed by atoms with van der Waals surface area (Å²) in [6.45, 7) is 0. The molecule has 0 fully saturated rings. The molecule has 0 N–H and O–H groups in total. The second-order valence-corrected chi connectivity index (χ2v) is 15.5. The maximum atomic E-state index is 6.69. The van der Waals surface area contributed by atoms with Crippen LogP contribution in [0.15, 0.2) is 186 Å². The highest BCUT2D eigenvalue weighted by Gasteiger charge is 2.20. The van der Waals surface area contributed by atoms with Crippen LogP contribution in [0.5, 0.6) is 0 Å². The summed E-state index contributed by atoms with van der Waals surface area (Å²) < 4.78 is 9.20. The number of thiophene rings is 1. The molecule has 0 spiro atoms. The molecule has 0 unspecified atom stereocenters. The van der Waals surface area contributed by atoms with Gasteiger partial charge in [-0.05, 0) is 113 Å². The number of benzene rings is 10. The average molecular weight is 703 g/mol. The minimum absolute atomic E-state index is 0.938. The molecule has 2 heterocycles. The van der Waals surface area contributed by atoms with Crippen molar-refractivity contribution in [3.8, 4) is 33.4 Å². The zero-order chi connectivity index (χ0) is 35.3. The van der Waals surface area contributed by atoms with Crippen molar-refractivity contribution in [1.29, 1.82) is 0 Å². The summed E-state index contributed by atoms with van der Waals surface area (Å²) in [5, 5.41) is 14.8. The summed E-state index contributed by atoms with van der Waals surface area (Å²) in [5.74, 6) is 0. The van der Waals surface area contributed by atoms with E-state index < -0.39 is 0 Å². The zero-order valence-corrected chi connectivity index (χ0v) is 30.0. The van der Waals surface area contributed by atoms with Gasteiger partial charge in [-0.3, -0.25) is 0 Å². The predicted molar refractivity (Wildman–Crippen MR) is 233 cm³/mol. The first kappa shape index (κ1) is 29.8. The maximum Gasteiger partial charge on any atom is 0.144 e. The third-order valence-corrected chi connectivity index (χ3v) is 12.5. The van der Waals surface area contributed by atoms with Crippen LogP contribution in [0.1, 0.15) is 0 Å². The van der Waals surface area contributed by atoms with E-state index in [-0.39, 0.29) is 0 Å². The van der Waals surface area contributed by atoms with Crippen LogP contribution < -0.4 is 0 Å². The minimum atomic E-state index is 0.938. The molecule has 10 aromatic carbocycles. The highest BCUT2D eigenvalue weighted by molar-refractivity contribution is 7.26. The van der Waals surface area contributed by atoms with Gasteiger partial charge in [0.2, 0.25) is 0 Å². The minimum Gasteiger partial charge on any atom is -0.455 e. The Morgan fingerprint density at radius 2 is 0.889 bits per heavy atom. The van der Waals surface area contributed by atoms with Gasteiger partial charge in [0.25, 0.3) is 0 Å². The molecule has 12 rings (SSSR count). The van der Waals surface area contributed by atoms with Crippen LogP contribution in [0.2, 0.25) is 0 Å². The molecule has 0 bridgehead atoms. The quantitative estimate of drug-likeness (QED) is 0.167. The van der Waals surface area contributed by atoms with Gasteiger partial charge in [-0.15, -0.1) is 11.3 Å². The Kier molecular flexibility index (Phi) is 6.28. The van der Waals surface area contributed by atoms with Crippen LogP contribution in [0, 0.1) is 0 Å². The molecular formula is C52H30OS. The van der Waals surface area contributed by atoms with Crippen molar-refractivity contribution in [3.63, 3.8) is 0 Å². The van der Waals surface area contributed by atoms with E-state index in [1.54, 1.807) is 0 Å². The SMILES string of the molecule is c1cc(-c2ccc3ccccc3c2)cc(-c2c3ccccc3c(-c3ccc4c(c3)sc3ccc5c(oc6ccc7ccccc7c65)c34)c3ccccc23)c1. The monoisotopic (exact) mass is 702 g/mol. The summed E-state index contributed by atoms with van der Waals surface area (Å²) >= 11 is 1.85. The van der Waals surface area contributed by atoms with E-state index in [1.807, 2.05) is 11.3 Å². The summed E-state index contributed by atoms with van der Waals surface area (Å²) in [4.78, 5) is 0. The maximum absolute atomic E-state index is 6.69. The van der Waals surface area contributed by atoms with E-state index in [4.69, 9.17) is 4.42 Å². The lowest BCUT2D eigenvalue weighted by Gasteiger charge is -2.18. The Morgan fingerprint density at radius 1 is 0.315 bits per heavy atom. The highest BCUT2D eigenvalue weighted by Crippen LogP contribution is 2.48. The first-order chi connectivity index (χ1) is 26.8. The van der Waals surface area contributed by atoms with Gasteiger partial charge >= 0.3 is 0 Å². The molecule has 2 aromatic heterocycles. The molecule has 0 aliphatic carbocycles. The van der Waals surface area contributed by atoms with Crippen molar-refractivity contribution in [2.75, 3.05) is 0 Å². The van der Waals surface area contributed by atoms with Crippen LogP contribution in [0.4, 0.5) is 0 Å². The van der Waals surface area contributed by atoms with Gasteiger partial charge < -0.3 is 4.42 Å². The van der Waals surface area contributed by atoms with Crippen LogP contribution in [-0.2, 0) is 0 Å². The van der Waals surface area contributed by atoms with E-state index in [0.717, 1.165) is 11.2 Å². The number of hydrogen-bond acceptors (Lipinski definition) is 2. The first-order valence-corrected chi connectivity index (χ1v) is 19.3. The molecule has 54 heavy (non-hydrogen) atoms. The molecule has 0 amide bonds. The first-order valence-electron chi connectivity index (χ1n) is 18.5. The van der Waals surface area contributed by atoms with Gasteiger partial charge in [-0.25, -0.2) is 0 Å². The molecule has 0 saturated heterocycles. The fourth-order valence-corrected chi connectivity index (χ4v) is 10.1.